The molecule has 0 radical (unpaired) electrons. The normalized spacial score (nSPS) is 16.7. The highest BCUT2D eigenvalue weighted by Gasteiger charge is 2.22. The number of nitrogens with zero attached hydrogens (tertiary/aromatic N) is 1. The first kappa shape index (κ1) is 13.9. The van der Waals surface area contributed by atoms with Crippen LogP contribution in [-0.2, 0) is 6.54 Å². The Morgan fingerprint density at radius 2 is 1.78 bits per heavy atom. The van der Waals surface area contributed by atoms with Gasteiger partial charge >= 0.3 is 0 Å². The van der Waals surface area contributed by atoms with E-state index in [2.05, 4.69) is 36.9 Å². The summed E-state index contributed by atoms with van der Waals surface area (Å²) in [6, 6.07) is 7.34. The number of benzene rings is 1. The van der Waals surface area contributed by atoms with Crippen molar-refractivity contribution in [3.05, 3.63) is 34.9 Å². The highest BCUT2D eigenvalue weighted by molar-refractivity contribution is 6.18. The van der Waals surface area contributed by atoms with Gasteiger partial charge in [-0.05, 0) is 43.4 Å². The van der Waals surface area contributed by atoms with Crippen LogP contribution in [0.1, 0.15) is 42.4 Å². The Bertz CT molecular complexity index is 362. The van der Waals surface area contributed by atoms with Gasteiger partial charge in [-0.25, -0.2) is 0 Å². The van der Waals surface area contributed by atoms with Gasteiger partial charge < -0.3 is 0 Å². The van der Waals surface area contributed by atoms with Gasteiger partial charge in [0.15, 0.2) is 0 Å². The van der Waals surface area contributed by atoms with Crippen molar-refractivity contribution in [2.45, 2.75) is 52.1 Å². The van der Waals surface area contributed by atoms with E-state index in [0.717, 1.165) is 25.0 Å². The van der Waals surface area contributed by atoms with Gasteiger partial charge in [-0.2, -0.15) is 0 Å². The summed E-state index contributed by atoms with van der Waals surface area (Å²) >= 11 is 5.98. The molecule has 1 saturated carbocycles. The zero-order chi connectivity index (χ0) is 13.0. The zero-order valence-corrected chi connectivity index (χ0v) is 12.3. The summed E-state index contributed by atoms with van der Waals surface area (Å²) in [5, 5.41) is 0. The highest BCUT2D eigenvalue weighted by Crippen LogP contribution is 2.26. The zero-order valence-electron chi connectivity index (χ0n) is 11.6. The van der Waals surface area contributed by atoms with Crippen LogP contribution >= 0.6 is 11.6 Å². The van der Waals surface area contributed by atoms with Crippen LogP contribution in [0.3, 0.4) is 0 Å². The second kappa shape index (κ2) is 6.58. The lowest BCUT2D eigenvalue weighted by Crippen LogP contribution is -2.34. The fourth-order valence-corrected chi connectivity index (χ4v) is 3.29. The second-order valence-corrected chi connectivity index (χ2v) is 5.85. The minimum absolute atomic E-state index is 0.738. The van der Waals surface area contributed by atoms with Gasteiger partial charge in [-0.15, -0.1) is 11.6 Å². The highest BCUT2D eigenvalue weighted by atomic mass is 35.5. The predicted molar refractivity (Wildman–Crippen MR) is 79.3 cm³/mol. The second-order valence-electron chi connectivity index (χ2n) is 5.47. The quantitative estimate of drug-likeness (QED) is 0.718. The minimum Gasteiger partial charge on any atom is -0.295 e. The van der Waals surface area contributed by atoms with Gasteiger partial charge in [0.05, 0.1) is 0 Å². The molecule has 0 aliphatic heterocycles. The first-order chi connectivity index (χ1) is 8.72. The number of aryl methyl sites for hydroxylation is 2. The van der Waals surface area contributed by atoms with E-state index in [4.69, 9.17) is 11.6 Å². The van der Waals surface area contributed by atoms with Gasteiger partial charge in [-0.1, -0.05) is 31.0 Å². The number of hydrogen-bond acceptors (Lipinski definition) is 1. The van der Waals surface area contributed by atoms with Crippen LogP contribution in [0.25, 0.3) is 0 Å². The van der Waals surface area contributed by atoms with Gasteiger partial charge in [-0.3, -0.25) is 4.90 Å². The molecule has 1 nitrogen and oxygen atoms in total. The molecule has 0 amide bonds. The SMILES string of the molecule is Cc1cccc(C)c1CN(CCCl)C1CCCC1. The van der Waals surface area contributed by atoms with E-state index < -0.39 is 0 Å². The van der Waals surface area contributed by atoms with Gasteiger partial charge in [0.2, 0.25) is 0 Å². The third-order valence-corrected chi connectivity index (χ3v) is 4.39. The number of alkyl halides is 1. The maximum atomic E-state index is 5.98. The van der Waals surface area contributed by atoms with Crippen molar-refractivity contribution < 1.29 is 0 Å². The van der Waals surface area contributed by atoms with Crippen molar-refractivity contribution in [1.82, 2.24) is 4.90 Å². The molecule has 0 spiro atoms. The van der Waals surface area contributed by atoms with Crippen LogP contribution in [0.4, 0.5) is 0 Å². The van der Waals surface area contributed by atoms with Crippen LogP contribution in [-0.4, -0.2) is 23.4 Å². The molecule has 0 heterocycles. The molecule has 1 aliphatic carbocycles. The third-order valence-electron chi connectivity index (χ3n) is 4.22. The lowest BCUT2D eigenvalue weighted by molar-refractivity contribution is 0.201. The monoisotopic (exact) mass is 265 g/mol. The molecular weight excluding hydrogens is 242 g/mol. The molecule has 0 N–H and O–H groups in total. The largest absolute Gasteiger partial charge is 0.295 e. The van der Waals surface area contributed by atoms with Gasteiger partial charge in [0.25, 0.3) is 0 Å². The van der Waals surface area contributed by atoms with E-state index in [1.165, 1.54) is 42.4 Å². The summed E-state index contributed by atoms with van der Waals surface area (Å²) in [7, 11) is 0. The Morgan fingerprint density at radius 1 is 1.17 bits per heavy atom. The van der Waals surface area contributed by atoms with Crippen LogP contribution in [0.2, 0.25) is 0 Å². The van der Waals surface area contributed by atoms with Crippen LogP contribution in [0, 0.1) is 13.8 Å². The van der Waals surface area contributed by atoms with Crippen LogP contribution < -0.4 is 0 Å². The lowest BCUT2D eigenvalue weighted by Gasteiger charge is -2.29. The Kier molecular flexibility index (Phi) is 5.08. The molecule has 1 aromatic rings. The standard InChI is InChI=1S/C16H24ClN/c1-13-6-5-7-14(2)16(13)12-18(11-10-17)15-8-3-4-9-15/h5-7,15H,3-4,8-12H2,1-2H3. The average molecular weight is 266 g/mol. The molecule has 0 unspecified atom stereocenters. The van der Waals surface area contributed by atoms with Crippen molar-refractivity contribution in [1.29, 1.82) is 0 Å². The van der Waals surface area contributed by atoms with Crippen molar-refractivity contribution in [3.63, 3.8) is 0 Å². The van der Waals surface area contributed by atoms with Crippen LogP contribution in [0.15, 0.2) is 18.2 Å². The summed E-state index contributed by atoms with van der Waals surface area (Å²) in [5.74, 6) is 0.738. The van der Waals surface area contributed by atoms with E-state index in [0.29, 0.717) is 0 Å². The molecule has 18 heavy (non-hydrogen) atoms. The maximum absolute atomic E-state index is 5.98. The van der Waals surface area contributed by atoms with E-state index in [-0.39, 0.29) is 0 Å². The average Bonchev–Trinajstić information content (AvgIpc) is 2.86. The van der Waals surface area contributed by atoms with E-state index in [9.17, 15) is 0 Å². The van der Waals surface area contributed by atoms with Crippen molar-refractivity contribution >= 4 is 11.6 Å². The molecule has 2 heteroatoms. The third kappa shape index (κ3) is 3.27. The minimum atomic E-state index is 0.738. The van der Waals surface area contributed by atoms with Crippen molar-refractivity contribution in [2.75, 3.05) is 12.4 Å². The van der Waals surface area contributed by atoms with Gasteiger partial charge in [0, 0.05) is 25.0 Å². The fourth-order valence-electron chi connectivity index (χ4n) is 3.07. The topological polar surface area (TPSA) is 3.24 Å². The number of rotatable bonds is 5. The smallest absolute Gasteiger partial charge is 0.0351 e. The Morgan fingerprint density at radius 3 is 2.33 bits per heavy atom. The number of halogens is 1. The Labute approximate surface area is 116 Å². The van der Waals surface area contributed by atoms with E-state index in [1.54, 1.807) is 0 Å². The molecule has 1 fully saturated rings. The summed E-state index contributed by atoms with van der Waals surface area (Å²) < 4.78 is 0. The first-order valence-electron chi connectivity index (χ1n) is 7.07. The van der Waals surface area contributed by atoms with E-state index in [1.807, 2.05) is 0 Å². The summed E-state index contributed by atoms with van der Waals surface area (Å²) in [5.41, 5.74) is 4.31. The summed E-state index contributed by atoms with van der Waals surface area (Å²) in [6.07, 6.45) is 5.47. The molecule has 1 aliphatic rings. The van der Waals surface area contributed by atoms with Crippen molar-refractivity contribution in [3.8, 4) is 0 Å². The molecule has 0 bridgehead atoms. The summed E-state index contributed by atoms with van der Waals surface area (Å²) in [6.45, 7) is 6.52. The molecule has 2 rings (SSSR count). The maximum Gasteiger partial charge on any atom is 0.0351 e. The fraction of sp³-hybridized carbons (Fsp3) is 0.625. The van der Waals surface area contributed by atoms with Gasteiger partial charge in [0.1, 0.15) is 0 Å². The molecule has 100 valence electrons. The molecule has 1 aromatic carbocycles. The Balaban J connectivity index is 2.12. The predicted octanol–water partition coefficient (Wildman–Crippen LogP) is 4.29. The van der Waals surface area contributed by atoms with E-state index >= 15 is 0 Å². The number of hydrogen-bond donors (Lipinski definition) is 0. The molecular formula is C16H24ClN. The Hall–Kier alpha value is -0.530. The first-order valence-corrected chi connectivity index (χ1v) is 7.61. The lowest BCUT2D eigenvalue weighted by atomic mass is 10.0. The molecule has 0 saturated heterocycles. The molecule has 0 atom stereocenters. The summed E-state index contributed by atoms with van der Waals surface area (Å²) in [4.78, 5) is 2.59. The van der Waals surface area contributed by atoms with Crippen LogP contribution in [0.5, 0.6) is 0 Å². The van der Waals surface area contributed by atoms with Crippen molar-refractivity contribution in [2.24, 2.45) is 0 Å². The molecule has 0 aromatic heterocycles.